The van der Waals surface area contributed by atoms with Crippen LogP contribution in [-0.4, -0.2) is 0 Å². The summed E-state index contributed by atoms with van der Waals surface area (Å²) in [4.78, 5) is 0. The first-order chi connectivity index (χ1) is 7.74. The smallest absolute Gasteiger partial charge is 0.0386 e. The van der Waals surface area contributed by atoms with E-state index in [9.17, 15) is 0 Å². The van der Waals surface area contributed by atoms with Crippen LogP contribution in [0.1, 0.15) is 65.2 Å². The maximum Gasteiger partial charge on any atom is -0.0386 e. The number of hydrogen-bond donors (Lipinski definition) is 0. The molecule has 3 atom stereocenters. The first-order valence-corrected chi connectivity index (χ1v) is 7.74. The topological polar surface area (TPSA) is 0 Å². The van der Waals surface area contributed by atoms with Gasteiger partial charge in [0.25, 0.3) is 0 Å². The van der Waals surface area contributed by atoms with E-state index in [2.05, 4.69) is 13.8 Å². The van der Waals surface area contributed by atoms with E-state index in [1.165, 1.54) is 0 Å². The lowest BCUT2D eigenvalue weighted by molar-refractivity contribution is 0.360. The quantitative estimate of drug-likeness (QED) is 0.545. The van der Waals surface area contributed by atoms with Gasteiger partial charge in [0.2, 0.25) is 0 Å². The number of fused-ring (bicyclic) bond motifs is 4. The molecule has 4 aliphatic rings. The Hall–Kier alpha value is 0. The molecule has 4 fully saturated rings. The highest BCUT2D eigenvalue weighted by Gasteiger charge is 2.38. The Kier molecular flexibility index (Phi) is 3.02. The summed E-state index contributed by atoms with van der Waals surface area (Å²) in [6, 6.07) is 0. The number of hydrogen-bond acceptors (Lipinski definition) is 0. The summed E-state index contributed by atoms with van der Waals surface area (Å²) in [7, 11) is 0. The molecule has 92 valence electrons. The molecule has 4 aliphatic carbocycles. The van der Waals surface area contributed by atoms with E-state index in [1.54, 1.807) is 51.4 Å². The molecule has 4 saturated carbocycles. The van der Waals surface area contributed by atoms with E-state index in [4.69, 9.17) is 0 Å². The lowest BCUT2D eigenvalue weighted by Crippen LogP contribution is -2.04. The summed E-state index contributed by atoms with van der Waals surface area (Å²) in [6.07, 6.45) is 12.4. The SMILES string of the molecule is CC1C2CCC1CC2.CC1CC2CCC1C2. The second-order valence-electron chi connectivity index (χ2n) is 7.19. The minimum Gasteiger partial charge on any atom is -0.0622 e. The normalized spacial score (nSPS) is 52.9. The van der Waals surface area contributed by atoms with Gasteiger partial charge in [0, 0.05) is 0 Å². The Morgan fingerprint density at radius 2 is 1.19 bits per heavy atom. The van der Waals surface area contributed by atoms with E-state index >= 15 is 0 Å². The van der Waals surface area contributed by atoms with Crippen molar-refractivity contribution in [3.63, 3.8) is 0 Å². The highest BCUT2D eigenvalue weighted by Crippen LogP contribution is 2.49. The predicted molar refractivity (Wildman–Crippen MR) is 69.2 cm³/mol. The predicted octanol–water partition coefficient (Wildman–Crippen LogP) is 4.89. The van der Waals surface area contributed by atoms with Gasteiger partial charge in [-0.3, -0.25) is 0 Å². The first-order valence-electron chi connectivity index (χ1n) is 7.74. The van der Waals surface area contributed by atoms with Crippen molar-refractivity contribution >= 4 is 0 Å². The van der Waals surface area contributed by atoms with Gasteiger partial charge in [0.15, 0.2) is 0 Å². The van der Waals surface area contributed by atoms with Gasteiger partial charge in [-0.05, 0) is 80.5 Å². The fourth-order valence-electron chi connectivity index (χ4n) is 5.14. The molecule has 3 unspecified atom stereocenters. The molecule has 0 aromatic rings. The van der Waals surface area contributed by atoms with Crippen LogP contribution in [-0.2, 0) is 0 Å². The van der Waals surface area contributed by atoms with Gasteiger partial charge < -0.3 is 0 Å². The molecular formula is C16H28. The summed E-state index contributed by atoms with van der Waals surface area (Å²) in [5, 5.41) is 0. The van der Waals surface area contributed by atoms with Crippen LogP contribution in [0.15, 0.2) is 0 Å². The second kappa shape index (κ2) is 4.35. The fraction of sp³-hybridized carbons (Fsp3) is 1.00. The molecule has 4 rings (SSSR count). The molecule has 4 bridgehead atoms. The van der Waals surface area contributed by atoms with E-state index in [1.807, 2.05) is 0 Å². The van der Waals surface area contributed by atoms with Crippen LogP contribution in [0, 0.1) is 35.5 Å². The Balaban J connectivity index is 0.000000101. The van der Waals surface area contributed by atoms with Crippen molar-refractivity contribution in [2.75, 3.05) is 0 Å². The molecule has 0 saturated heterocycles. The summed E-state index contributed by atoms with van der Waals surface area (Å²) in [6.45, 7) is 4.86. The average Bonchev–Trinajstić information content (AvgIpc) is 3.03. The van der Waals surface area contributed by atoms with Gasteiger partial charge in [-0.1, -0.05) is 20.3 Å². The summed E-state index contributed by atoms with van der Waals surface area (Å²) < 4.78 is 0. The van der Waals surface area contributed by atoms with Crippen molar-refractivity contribution < 1.29 is 0 Å². The molecule has 0 aliphatic heterocycles. The van der Waals surface area contributed by atoms with Crippen molar-refractivity contribution in [2.24, 2.45) is 35.5 Å². The zero-order valence-corrected chi connectivity index (χ0v) is 11.1. The number of rotatable bonds is 0. The van der Waals surface area contributed by atoms with Crippen LogP contribution in [0.3, 0.4) is 0 Å². The molecule has 0 heterocycles. The standard InChI is InChI=1S/2C8H14/c1-6-4-7-2-3-8(6)5-7;1-6-7-2-3-8(6)5-4-7/h2*6-8H,2-5H2,1H3. The van der Waals surface area contributed by atoms with Crippen LogP contribution < -0.4 is 0 Å². The highest BCUT2D eigenvalue weighted by molar-refractivity contribution is 4.89. The molecular weight excluding hydrogens is 192 g/mol. The van der Waals surface area contributed by atoms with Crippen molar-refractivity contribution in [3.8, 4) is 0 Å². The average molecular weight is 220 g/mol. The van der Waals surface area contributed by atoms with Gasteiger partial charge in [0.1, 0.15) is 0 Å². The molecule has 0 aromatic heterocycles. The lowest BCUT2D eigenvalue weighted by Gasteiger charge is -2.15. The summed E-state index contributed by atoms with van der Waals surface area (Å²) >= 11 is 0. The van der Waals surface area contributed by atoms with Crippen LogP contribution in [0.25, 0.3) is 0 Å². The Morgan fingerprint density at radius 3 is 1.38 bits per heavy atom. The zero-order valence-electron chi connectivity index (χ0n) is 11.1. The monoisotopic (exact) mass is 220 g/mol. The van der Waals surface area contributed by atoms with E-state index in [0.717, 1.165) is 35.5 Å². The van der Waals surface area contributed by atoms with Crippen molar-refractivity contribution in [1.29, 1.82) is 0 Å². The molecule has 0 aromatic carbocycles. The third kappa shape index (κ3) is 1.93. The molecule has 0 amide bonds. The van der Waals surface area contributed by atoms with Crippen molar-refractivity contribution in [2.45, 2.75) is 65.2 Å². The molecule has 16 heavy (non-hydrogen) atoms. The van der Waals surface area contributed by atoms with Crippen LogP contribution in [0.4, 0.5) is 0 Å². The van der Waals surface area contributed by atoms with Gasteiger partial charge >= 0.3 is 0 Å². The Morgan fingerprint density at radius 1 is 0.625 bits per heavy atom. The van der Waals surface area contributed by atoms with Gasteiger partial charge in [-0.15, -0.1) is 0 Å². The fourth-order valence-corrected chi connectivity index (χ4v) is 5.14. The maximum absolute atomic E-state index is 2.44. The van der Waals surface area contributed by atoms with E-state index in [0.29, 0.717) is 0 Å². The zero-order chi connectivity index (χ0) is 11.1. The Bertz CT molecular complexity index is 222. The van der Waals surface area contributed by atoms with Gasteiger partial charge in [-0.2, -0.15) is 0 Å². The molecule has 0 heteroatoms. The molecule has 0 radical (unpaired) electrons. The van der Waals surface area contributed by atoms with Crippen molar-refractivity contribution in [1.82, 2.24) is 0 Å². The second-order valence-corrected chi connectivity index (χ2v) is 7.19. The van der Waals surface area contributed by atoms with Crippen LogP contribution in [0.2, 0.25) is 0 Å². The maximum atomic E-state index is 2.44. The van der Waals surface area contributed by atoms with Gasteiger partial charge in [0.05, 0.1) is 0 Å². The van der Waals surface area contributed by atoms with E-state index < -0.39 is 0 Å². The highest BCUT2D eigenvalue weighted by atomic mass is 14.4. The largest absolute Gasteiger partial charge is 0.0622 e. The molecule has 0 nitrogen and oxygen atoms in total. The van der Waals surface area contributed by atoms with Gasteiger partial charge in [-0.25, -0.2) is 0 Å². The summed E-state index contributed by atoms with van der Waals surface area (Å²) in [5.74, 6) is 6.73. The summed E-state index contributed by atoms with van der Waals surface area (Å²) in [5.41, 5.74) is 0. The molecule has 0 spiro atoms. The lowest BCUT2D eigenvalue weighted by atomic mass is 9.91. The van der Waals surface area contributed by atoms with Crippen LogP contribution in [0.5, 0.6) is 0 Å². The van der Waals surface area contributed by atoms with E-state index in [-0.39, 0.29) is 0 Å². The minimum absolute atomic E-state index is 1.08. The van der Waals surface area contributed by atoms with Crippen molar-refractivity contribution in [3.05, 3.63) is 0 Å². The first kappa shape index (κ1) is 11.1. The minimum atomic E-state index is 1.08. The third-order valence-corrected chi connectivity index (χ3v) is 6.40. The third-order valence-electron chi connectivity index (χ3n) is 6.40. The van der Waals surface area contributed by atoms with Crippen LogP contribution >= 0.6 is 0 Å². The molecule has 0 N–H and O–H groups in total. The Labute approximate surface area is 101 Å².